The molecule has 2 aromatic carbocycles. The molecular weight excluding hydrogens is 478 g/mol. The van der Waals surface area contributed by atoms with Gasteiger partial charge in [-0.25, -0.2) is 14.2 Å². The van der Waals surface area contributed by atoms with Gasteiger partial charge in [0, 0.05) is 29.1 Å². The van der Waals surface area contributed by atoms with Gasteiger partial charge in [-0.05, 0) is 24.3 Å². The molecule has 0 radical (unpaired) electrons. The summed E-state index contributed by atoms with van der Waals surface area (Å²) in [5.74, 6) is -2.56. The highest BCUT2D eigenvalue weighted by atomic mass is 35.5. The van der Waals surface area contributed by atoms with Gasteiger partial charge in [0.05, 0.1) is 16.3 Å². The number of nitrogens with zero attached hydrogens (tertiary/aromatic N) is 2. The summed E-state index contributed by atoms with van der Waals surface area (Å²) in [4.78, 5) is 28.5. The molecule has 2 aromatic heterocycles. The Balaban J connectivity index is 1.96. The molecule has 11 heteroatoms. The Morgan fingerprint density at radius 3 is 2.44 bits per heavy atom. The van der Waals surface area contributed by atoms with Crippen molar-refractivity contribution in [2.45, 2.75) is 12.2 Å². The second-order valence-corrected chi connectivity index (χ2v) is 7.70. The second-order valence-electron chi connectivity index (χ2n) is 7.27. The van der Waals surface area contributed by atoms with Crippen LogP contribution in [0.3, 0.4) is 0 Å². The third-order valence-corrected chi connectivity index (χ3v) is 5.18. The number of hydrogen-bond acceptors (Lipinski definition) is 4. The Kier molecular flexibility index (Phi) is 6.01. The SMILES string of the molecule is O=C(O)c1cc(F)ccc1N[C@@H](c1cc(Cl)cn2c(=O)cc(-c3ccccc3)nc12)C(F)(F)F. The van der Waals surface area contributed by atoms with Crippen LogP contribution in [-0.2, 0) is 0 Å². The fourth-order valence-electron chi connectivity index (χ4n) is 3.47. The van der Waals surface area contributed by atoms with E-state index in [-0.39, 0.29) is 16.4 Å². The molecule has 4 rings (SSSR count). The van der Waals surface area contributed by atoms with E-state index in [9.17, 15) is 32.3 Å². The fourth-order valence-corrected chi connectivity index (χ4v) is 3.69. The lowest BCUT2D eigenvalue weighted by molar-refractivity contribution is -0.143. The average molecular weight is 492 g/mol. The first kappa shape index (κ1) is 23.2. The lowest BCUT2D eigenvalue weighted by atomic mass is 10.0. The molecule has 1 atom stereocenters. The summed E-state index contributed by atoms with van der Waals surface area (Å²) in [5, 5.41) is 11.3. The number of carbonyl (C=O) groups is 1. The van der Waals surface area contributed by atoms with E-state index in [1.54, 1.807) is 30.3 Å². The van der Waals surface area contributed by atoms with Crippen molar-refractivity contribution < 1.29 is 27.5 Å². The topological polar surface area (TPSA) is 83.7 Å². The van der Waals surface area contributed by atoms with E-state index < -0.39 is 46.4 Å². The zero-order chi connectivity index (χ0) is 24.6. The van der Waals surface area contributed by atoms with E-state index in [0.29, 0.717) is 11.6 Å². The predicted octanol–water partition coefficient (Wildman–Crippen LogP) is 5.57. The highest BCUT2D eigenvalue weighted by Crippen LogP contribution is 2.39. The maximum Gasteiger partial charge on any atom is 0.412 e. The summed E-state index contributed by atoms with van der Waals surface area (Å²) in [6.45, 7) is 0. The molecule has 0 amide bonds. The van der Waals surface area contributed by atoms with Crippen molar-refractivity contribution in [3.63, 3.8) is 0 Å². The molecule has 0 fully saturated rings. The quantitative estimate of drug-likeness (QED) is 0.357. The number of carboxylic acids is 1. The first-order chi connectivity index (χ1) is 16.0. The minimum Gasteiger partial charge on any atom is -0.478 e. The van der Waals surface area contributed by atoms with Gasteiger partial charge in [-0.2, -0.15) is 13.2 Å². The Bertz CT molecular complexity index is 1460. The highest BCUT2D eigenvalue weighted by Gasteiger charge is 2.43. The Morgan fingerprint density at radius 1 is 1.09 bits per heavy atom. The van der Waals surface area contributed by atoms with Crippen molar-refractivity contribution in [3.8, 4) is 11.3 Å². The van der Waals surface area contributed by atoms with E-state index in [1.807, 2.05) is 0 Å². The predicted molar refractivity (Wildman–Crippen MR) is 118 cm³/mol. The molecule has 0 spiro atoms. The van der Waals surface area contributed by atoms with E-state index in [4.69, 9.17) is 11.6 Å². The van der Waals surface area contributed by atoms with Crippen LogP contribution in [0.5, 0.6) is 0 Å². The Hall–Kier alpha value is -3.92. The van der Waals surface area contributed by atoms with Crippen molar-refractivity contribution in [1.82, 2.24) is 9.38 Å². The number of aromatic nitrogens is 2. The normalized spacial score (nSPS) is 12.5. The number of pyridine rings is 1. The van der Waals surface area contributed by atoms with Gasteiger partial charge in [-0.15, -0.1) is 0 Å². The van der Waals surface area contributed by atoms with Gasteiger partial charge >= 0.3 is 12.1 Å². The number of rotatable bonds is 5. The average Bonchev–Trinajstić information content (AvgIpc) is 2.78. The number of carboxylic acid groups (broad SMARTS) is 1. The summed E-state index contributed by atoms with van der Waals surface area (Å²) < 4.78 is 57.2. The minimum absolute atomic E-state index is 0.142. The van der Waals surface area contributed by atoms with Gasteiger partial charge in [-0.3, -0.25) is 9.20 Å². The van der Waals surface area contributed by atoms with Crippen LogP contribution >= 0.6 is 11.6 Å². The van der Waals surface area contributed by atoms with Crippen LogP contribution in [0, 0.1) is 5.82 Å². The van der Waals surface area contributed by atoms with E-state index in [2.05, 4.69) is 10.3 Å². The fraction of sp³-hybridized carbons (Fsp3) is 0.0870. The number of alkyl halides is 3. The number of anilines is 1. The van der Waals surface area contributed by atoms with Crippen LogP contribution in [0.15, 0.2) is 71.7 Å². The molecule has 6 nitrogen and oxygen atoms in total. The van der Waals surface area contributed by atoms with Crippen molar-refractivity contribution in [2.75, 3.05) is 5.32 Å². The number of fused-ring (bicyclic) bond motifs is 1. The molecule has 34 heavy (non-hydrogen) atoms. The number of benzene rings is 2. The highest BCUT2D eigenvalue weighted by molar-refractivity contribution is 6.30. The van der Waals surface area contributed by atoms with Crippen LogP contribution < -0.4 is 10.9 Å². The molecular formula is C23H14ClF4N3O3. The first-order valence-corrected chi connectivity index (χ1v) is 10.1. The van der Waals surface area contributed by atoms with Crippen LogP contribution in [-0.4, -0.2) is 26.6 Å². The van der Waals surface area contributed by atoms with Crippen LogP contribution in [0.1, 0.15) is 22.0 Å². The zero-order valence-electron chi connectivity index (χ0n) is 17.0. The third kappa shape index (κ3) is 4.58. The number of nitrogens with one attached hydrogen (secondary N) is 1. The molecule has 0 saturated heterocycles. The van der Waals surface area contributed by atoms with Gasteiger partial charge < -0.3 is 10.4 Å². The number of halogens is 5. The summed E-state index contributed by atoms with van der Waals surface area (Å²) in [6, 6.07) is 10.3. The standard InChI is InChI=1S/C23H14ClF4N3O3/c24-13-8-16(20(23(26,27)28)29-17-7-6-14(25)9-15(17)22(33)34)21-30-18(10-19(32)31(21)11-13)12-4-2-1-3-5-12/h1-11,20,29H,(H,33,34)/t20-/m0/s1. The van der Waals surface area contributed by atoms with Crippen molar-refractivity contribution in [1.29, 1.82) is 0 Å². The van der Waals surface area contributed by atoms with E-state index in [0.717, 1.165) is 28.8 Å². The van der Waals surface area contributed by atoms with Gasteiger partial charge in [0.2, 0.25) is 0 Å². The molecule has 2 N–H and O–H groups in total. The maximum absolute atomic E-state index is 14.2. The van der Waals surface area contributed by atoms with E-state index in [1.165, 1.54) is 6.07 Å². The summed E-state index contributed by atoms with van der Waals surface area (Å²) in [7, 11) is 0. The molecule has 0 aliphatic carbocycles. The van der Waals surface area contributed by atoms with Gasteiger partial charge in [-0.1, -0.05) is 41.9 Å². The maximum atomic E-state index is 14.2. The summed E-state index contributed by atoms with van der Waals surface area (Å²) in [6.07, 6.45) is -3.84. The molecule has 0 aliphatic heterocycles. The summed E-state index contributed by atoms with van der Waals surface area (Å²) >= 11 is 6.03. The van der Waals surface area contributed by atoms with Gasteiger partial charge in [0.1, 0.15) is 11.5 Å². The Morgan fingerprint density at radius 2 is 1.79 bits per heavy atom. The molecule has 0 unspecified atom stereocenters. The largest absolute Gasteiger partial charge is 0.478 e. The molecule has 0 bridgehead atoms. The van der Waals surface area contributed by atoms with Crippen LogP contribution in [0.4, 0.5) is 23.2 Å². The first-order valence-electron chi connectivity index (χ1n) is 9.69. The molecule has 2 heterocycles. The second kappa shape index (κ2) is 8.79. The van der Waals surface area contributed by atoms with Gasteiger partial charge in [0.25, 0.3) is 5.56 Å². The lowest BCUT2D eigenvalue weighted by Gasteiger charge is -2.25. The monoisotopic (exact) mass is 491 g/mol. The minimum atomic E-state index is -4.98. The molecule has 0 saturated carbocycles. The molecule has 174 valence electrons. The van der Waals surface area contributed by atoms with Gasteiger partial charge in [0.15, 0.2) is 6.04 Å². The van der Waals surface area contributed by atoms with Crippen molar-refractivity contribution >= 4 is 28.9 Å². The number of aromatic carboxylic acids is 1. The third-order valence-electron chi connectivity index (χ3n) is 4.98. The lowest BCUT2D eigenvalue weighted by Crippen LogP contribution is -2.30. The van der Waals surface area contributed by atoms with Crippen molar-refractivity contribution in [3.05, 3.63) is 99.2 Å². The van der Waals surface area contributed by atoms with Crippen LogP contribution in [0.2, 0.25) is 5.02 Å². The molecule has 0 aliphatic rings. The van der Waals surface area contributed by atoms with Crippen LogP contribution in [0.25, 0.3) is 16.9 Å². The smallest absolute Gasteiger partial charge is 0.412 e. The zero-order valence-corrected chi connectivity index (χ0v) is 17.7. The number of hydrogen-bond donors (Lipinski definition) is 2. The van der Waals surface area contributed by atoms with Crippen molar-refractivity contribution in [2.24, 2.45) is 0 Å². The Labute approximate surface area is 194 Å². The van der Waals surface area contributed by atoms with E-state index >= 15 is 0 Å². The molecule has 4 aromatic rings. The summed E-state index contributed by atoms with van der Waals surface area (Å²) in [5.41, 5.74) is -2.04.